The summed E-state index contributed by atoms with van der Waals surface area (Å²) in [6.07, 6.45) is -3.05. The van der Waals surface area contributed by atoms with Gasteiger partial charge in [0.15, 0.2) is 24.1 Å². The van der Waals surface area contributed by atoms with Gasteiger partial charge in [-0.2, -0.15) is 4.98 Å². The lowest BCUT2D eigenvalue weighted by Gasteiger charge is -2.23. The van der Waals surface area contributed by atoms with Crippen LogP contribution in [0.15, 0.2) is 9.79 Å². The lowest BCUT2D eigenvalue weighted by atomic mass is 10.1. The first kappa shape index (κ1) is 25.2. The normalized spacial score (nSPS) is 22.2. The Labute approximate surface area is 198 Å². The lowest BCUT2D eigenvalue weighted by molar-refractivity contribution is -0.166. The number of esters is 3. The van der Waals surface area contributed by atoms with E-state index in [1.54, 1.807) is 25.9 Å². The summed E-state index contributed by atoms with van der Waals surface area (Å²) in [6.45, 7) is 4.99. The van der Waals surface area contributed by atoms with Gasteiger partial charge in [-0.05, 0) is 6.92 Å². The van der Waals surface area contributed by atoms with Crippen LogP contribution in [0.4, 0.5) is 5.95 Å². The molecule has 1 saturated heterocycles. The third-order valence-corrected chi connectivity index (χ3v) is 5.67. The minimum atomic E-state index is -1.21. The molecule has 0 spiro atoms. The van der Waals surface area contributed by atoms with Crippen molar-refractivity contribution in [3.05, 3.63) is 15.4 Å². The zero-order valence-corrected chi connectivity index (χ0v) is 20.3. The van der Waals surface area contributed by atoms with Crippen LogP contribution < -0.4 is 4.87 Å². The molecule has 0 radical (unpaired) electrons. The first-order chi connectivity index (χ1) is 16.0. The second-order valence-electron chi connectivity index (χ2n) is 7.72. The van der Waals surface area contributed by atoms with Crippen LogP contribution in [0.3, 0.4) is 0 Å². The van der Waals surface area contributed by atoms with E-state index >= 15 is 0 Å². The minimum Gasteiger partial charge on any atom is -0.463 e. The van der Waals surface area contributed by atoms with E-state index in [-0.39, 0.29) is 18.2 Å². The Hall–Kier alpha value is -3.39. The van der Waals surface area contributed by atoms with Crippen molar-refractivity contribution < 1.29 is 33.3 Å². The Morgan fingerprint density at radius 3 is 2.35 bits per heavy atom. The van der Waals surface area contributed by atoms with E-state index in [0.29, 0.717) is 10.4 Å². The number of carbonyl (C=O) groups excluding carboxylic acids is 3. The topological polar surface area (TPSA) is 152 Å². The van der Waals surface area contributed by atoms with Gasteiger partial charge in [0.2, 0.25) is 0 Å². The highest BCUT2D eigenvalue weighted by Crippen LogP contribution is 2.36. The zero-order chi connectivity index (χ0) is 25.2. The number of fused-ring (bicyclic) bond motifs is 1. The first-order valence-corrected chi connectivity index (χ1v) is 11.0. The summed E-state index contributed by atoms with van der Waals surface area (Å²) in [5.74, 6) is -1.82. The predicted molar refractivity (Wildman–Crippen MR) is 120 cm³/mol. The molecular weight excluding hydrogens is 470 g/mol. The summed E-state index contributed by atoms with van der Waals surface area (Å²) < 4.78 is 23.5. The van der Waals surface area contributed by atoms with Gasteiger partial charge >= 0.3 is 22.8 Å². The Kier molecular flexibility index (Phi) is 7.61. The predicted octanol–water partition coefficient (Wildman–Crippen LogP) is 0.707. The fraction of sp³-hybridized carbons (Fsp3) is 0.550. The third-order valence-electron chi connectivity index (χ3n) is 4.62. The lowest BCUT2D eigenvalue weighted by Crippen LogP contribution is -2.41. The molecule has 0 amide bonds. The van der Waals surface area contributed by atoms with Crippen molar-refractivity contribution in [1.29, 1.82) is 0 Å². The third kappa shape index (κ3) is 5.56. The number of hydrogen-bond donors (Lipinski definition) is 0. The Morgan fingerprint density at radius 2 is 1.76 bits per heavy atom. The molecule has 13 nitrogen and oxygen atoms in total. The molecule has 4 atom stereocenters. The SMILES string of the molecule is CC(=O)OC[C@H]1O[C@@H](n2c(=O)sc3c(C)nc(N=CN(C)C)nc32)[C@H](OC(C)=O)[C@@H]1OC(C)=O. The van der Waals surface area contributed by atoms with Gasteiger partial charge in [-0.25, -0.2) is 9.98 Å². The second-order valence-corrected chi connectivity index (χ2v) is 8.69. The van der Waals surface area contributed by atoms with Gasteiger partial charge in [0.25, 0.3) is 5.95 Å². The molecule has 2 aromatic heterocycles. The number of nitrogens with zero attached hydrogens (tertiary/aromatic N) is 5. The number of rotatable bonds is 7. The summed E-state index contributed by atoms with van der Waals surface area (Å²) in [5, 5.41) is 0. The quantitative estimate of drug-likeness (QED) is 0.231. The number of carbonyl (C=O) groups is 3. The van der Waals surface area contributed by atoms with Crippen molar-refractivity contribution in [2.45, 2.75) is 52.2 Å². The van der Waals surface area contributed by atoms with Gasteiger partial charge in [-0.3, -0.25) is 23.7 Å². The van der Waals surface area contributed by atoms with E-state index in [4.69, 9.17) is 18.9 Å². The van der Waals surface area contributed by atoms with E-state index in [0.717, 1.165) is 11.3 Å². The number of ether oxygens (including phenoxy) is 4. The van der Waals surface area contributed by atoms with Crippen molar-refractivity contribution >= 4 is 51.9 Å². The zero-order valence-electron chi connectivity index (χ0n) is 19.5. The summed E-state index contributed by atoms with van der Waals surface area (Å²) in [6, 6.07) is 0. The molecule has 184 valence electrons. The van der Waals surface area contributed by atoms with Crippen LogP contribution >= 0.6 is 11.3 Å². The average Bonchev–Trinajstić information content (AvgIpc) is 3.21. The van der Waals surface area contributed by atoms with E-state index in [1.165, 1.54) is 31.7 Å². The molecule has 0 unspecified atom stereocenters. The van der Waals surface area contributed by atoms with Crippen LogP contribution in [-0.4, -0.2) is 82.7 Å². The Balaban J connectivity index is 2.13. The molecule has 0 aromatic carbocycles. The molecule has 1 aliphatic rings. The van der Waals surface area contributed by atoms with Gasteiger partial charge < -0.3 is 23.8 Å². The van der Waals surface area contributed by atoms with E-state index in [9.17, 15) is 19.2 Å². The number of aromatic nitrogens is 3. The van der Waals surface area contributed by atoms with Crippen molar-refractivity contribution in [2.24, 2.45) is 4.99 Å². The van der Waals surface area contributed by atoms with Crippen LogP contribution in [0.25, 0.3) is 10.3 Å². The van der Waals surface area contributed by atoms with Crippen LogP contribution in [0, 0.1) is 6.92 Å². The molecule has 0 aliphatic carbocycles. The molecule has 3 rings (SSSR count). The largest absolute Gasteiger partial charge is 0.463 e. The first-order valence-electron chi connectivity index (χ1n) is 10.2. The number of hydrogen-bond acceptors (Lipinski definition) is 12. The van der Waals surface area contributed by atoms with E-state index in [1.807, 2.05) is 0 Å². The summed E-state index contributed by atoms with van der Waals surface area (Å²) in [4.78, 5) is 62.2. The van der Waals surface area contributed by atoms with Crippen molar-refractivity contribution in [3.63, 3.8) is 0 Å². The highest BCUT2D eigenvalue weighted by Gasteiger charge is 2.51. The van der Waals surface area contributed by atoms with Crippen LogP contribution in [0.5, 0.6) is 0 Å². The maximum absolute atomic E-state index is 13.0. The molecule has 1 aliphatic heterocycles. The Morgan fingerprint density at radius 1 is 1.12 bits per heavy atom. The molecule has 0 saturated carbocycles. The molecule has 0 bridgehead atoms. The molecule has 34 heavy (non-hydrogen) atoms. The van der Waals surface area contributed by atoms with Gasteiger partial charge in [0.1, 0.15) is 12.7 Å². The average molecular weight is 496 g/mol. The number of aliphatic imine (C=N–C) groups is 1. The molecular formula is C20H25N5O8S. The monoisotopic (exact) mass is 495 g/mol. The molecule has 14 heteroatoms. The Bertz CT molecular complexity index is 1190. The van der Waals surface area contributed by atoms with Crippen LogP contribution in [0.2, 0.25) is 0 Å². The molecule has 0 N–H and O–H groups in total. The minimum absolute atomic E-state index is 0.111. The smallest absolute Gasteiger partial charge is 0.311 e. The number of aryl methyl sites for hydroxylation is 1. The van der Waals surface area contributed by atoms with Crippen LogP contribution in [0.1, 0.15) is 32.7 Å². The number of thiazole rings is 1. The molecule has 1 fully saturated rings. The maximum atomic E-state index is 13.0. The van der Waals surface area contributed by atoms with Crippen molar-refractivity contribution in [3.8, 4) is 0 Å². The van der Waals surface area contributed by atoms with E-state index in [2.05, 4.69) is 15.0 Å². The van der Waals surface area contributed by atoms with Crippen molar-refractivity contribution in [2.75, 3.05) is 20.7 Å². The highest BCUT2D eigenvalue weighted by molar-refractivity contribution is 7.16. The van der Waals surface area contributed by atoms with Gasteiger partial charge in [-0.15, -0.1) is 0 Å². The maximum Gasteiger partial charge on any atom is 0.311 e. The second kappa shape index (κ2) is 10.3. The molecule has 2 aromatic rings. The standard InChI is InChI=1S/C20H25N5O8S/c1-9-16-17(23-19(22-9)21-8-24(5)6)25(20(29)34-16)18-15(32-12(4)28)14(31-11(3)27)13(33-18)7-30-10(2)26/h8,13-15,18H,7H2,1-6H3/t13-,14-,15-,18-/m1/s1. The van der Waals surface area contributed by atoms with Gasteiger partial charge in [0, 0.05) is 34.9 Å². The molecule has 3 heterocycles. The highest BCUT2D eigenvalue weighted by atomic mass is 32.1. The fourth-order valence-corrected chi connectivity index (χ4v) is 4.28. The summed E-state index contributed by atoms with van der Waals surface area (Å²) >= 11 is 0.887. The van der Waals surface area contributed by atoms with Gasteiger partial charge in [0.05, 0.1) is 16.7 Å². The van der Waals surface area contributed by atoms with Gasteiger partial charge in [-0.1, -0.05) is 11.3 Å². The van der Waals surface area contributed by atoms with Crippen LogP contribution in [-0.2, 0) is 33.3 Å². The summed E-state index contributed by atoms with van der Waals surface area (Å²) in [5.41, 5.74) is 0.733. The summed E-state index contributed by atoms with van der Waals surface area (Å²) in [7, 11) is 3.56. The van der Waals surface area contributed by atoms with E-state index < -0.39 is 47.3 Å². The fourth-order valence-electron chi connectivity index (χ4n) is 3.39. The van der Waals surface area contributed by atoms with Crippen molar-refractivity contribution in [1.82, 2.24) is 19.4 Å².